The lowest BCUT2D eigenvalue weighted by atomic mass is 10.1. The number of hydrogen-bond donors (Lipinski definition) is 1. The van der Waals surface area contributed by atoms with E-state index in [0.717, 1.165) is 5.56 Å². The second-order valence-corrected chi connectivity index (χ2v) is 4.43. The Bertz CT molecular complexity index is 537. The maximum Gasteiger partial charge on any atom is 0.338 e. The summed E-state index contributed by atoms with van der Waals surface area (Å²) in [4.78, 5) is 11.9. The van der Waals surface area contributed by atoms with Crippen LogP contribution in [0.3, 0.4) is 0 Å². The standard InChI is InChI=1S/C15H13ClO3/c16-13-8-6-12(7-9-13)15(18)19-14(10-17)11-4-2-1-3-5-11/h1-9,14,17H,10H2. The van der Waals surface area contributed by atoms with Gasteiger partial charge >= 0.3 is 5.97 Å². The van der Waals surface area contributed by atoms with Gasteiger partial charge in [0.05, 0.1) is 12.2 Å². The summed E-state index contributed by atoms with van der Waals surface area (Å²) in [5.74, 6) is -0.487. The number of halogens is 1. The molecular weight excluding hydrogens is 264 g/mol. The van der Waals surface area contributed by atoms with Gasteiger partial charge in [-0.3, -0.25) is 0 Å². The van der Waals surface area contributed by atoms with Gasteiger partial charge in [-0.05, 0) is 29.8 Å². The molecule has 0 radical (unpaired) electrons. The predicted molar refractivity (Wildman–Crippen MR) is 73.1 cm³/mol. The minimum atomic E-state index is -0.663. The highest BCUT2D eigenvalue weighted by Crippen LogP contribution is 2.19. The lowest BCUT2D eigenvalue weighted by Crippen LogP contribution is -2.14. The molecule has 4 heteroatoms. The lowest BCUT2D eigenvalue weighted by Gasteiger charge is -2.15. The largest absolute Gasteiger partial charge is 0.451 e. The van der Waals surface area contributed by atoms with Crippen LogP contribution in [0.5, 0.6) is 0 Å². The van der Waals surface area contributed by atoms with Crippen LogP contribution in [0.25, 0.3) is 0 Å². The summed E-state index contributed by atoms with van der Waals surface area (Å²) >= 11 is 5.75. The van der Waals surface area contributed by atoms with Crippen LogP contribution >= 0.6 is 11.6 Å². The summed E-state index contributed by atoms with van der Waals surface area (Å²) in [6.45, 7) is -0.261. The summed E-state index contributed by atoms with van der Waals surface area (Å²) in [5, 5.41) is 9.88. The van der Waals surface area contributed by atoms with Crippen LogP contribution in [-0.2, 0) is 4.74 Å². The van der Waals surface area contributed by atoms with E-state index in [1.54, 1.807) is 36.4 Å². The van der Waals surface area contributed by atoms with Crippen LogP contribution in [0, 0.1) is 0 Å². The number of aliphatic hydroxyl groups excluding tert-OH is 1. The van der Waals surface area contributed by atoms with E-state index in [9.17, 15) is 9.90 Å². The zero-order valence-corrected chi connectivity index (χ0v) is 10.9. The number of carbonyl (C=O) groups is 1. The molecule has 0 spiro atoms. The van der Waals surface area contributed by atoms with E-state index in [2.05, 4.69) is 0 Å². The molecule has 2 aromatic rings. The molecular formula is C15H13ClO3. The summed E-state index contributed by atoms with van der Waals surface area (Å²) in [6.07, 6.45) is -0.663. The second-order valence-electron chi connectivity index (χ2n) is 3.99. The normalized spacial score (nSPS) is 11.9. The fraction of sp³-hybridized carbons (Fsp3) is 0.133. The molecule has 0 amide bonds. The molecule has 98 valence electrons. The molecule has 1 N–H and O–H groups in total. The fourth-order valence-corrected chi connectivity index (χ4v) is 1.79. The lowest BCUT2D eigenvalue weighted by molar-refractivity contribution is 0.0133. The van der Waals surface area contributed by atoms with Crippen LogP contribution in [0.1, 0.15) is 22.0 Å². The van der Waals surface area contributed by atoms with Crippen LogP contribution in [-0.4, -0.2) is 17.7 Å². The Labute approximate surface area is 116 Å². The molecule has 3 nitrogen and oxygen atoms in total. The van der Waals surface area contributed by atoms with Crippen molar-refractivity contribution in [3.8, 4) is 0 Å². The third-order valence-electron chi connectivity index (χ3n) is 2.67. The molecule has 2 rings (SSSR count). The van der Waals surface area contributed by atoms with Crippen LogP contribution < -0.4 is 0 Å². The Balaban J connectivity index is 2.10. The van der Waals surface area contributed by atoms with Crippen LogP contribution in [0.2, 0.25) is 5.02 Å². The Kier molecular flexibility index (Phi) is 4.55. The van der Waals surface area contributed by atoms with Crippen molar-refractivity contribution in [3.05, 3.63) is 70.7 Å². The highest BCUT2D eigenvalue weighted by Gasteiger charge is 2.16. The number of aliphatic hydroxyl groups is 1. The first kappa shape index (κ1) is 13.6. The van der Waals surface area contributed by atoms with Crippen molar-refractivity contribution in [1.29, 1.82) is 0 Å². The molecule has 0 aliphatic rings. The number of ether oxygens (including phenoxy) is 1. The third-order valence-corrected chi connectivity index (χ3v) is 2.92. The fourth-order valence-electron chi connectivity index (χ4n) is 1.66. The molecule has 0 aliphatic heterocycles. The van der Waals surface area contributed by atoms with E-state index < -0.39 is 12.1 Å². The van der Waals surface area contributed by atoms with E-state index in [1.807, 2.05) is 18.2 Å². The molecule has 19 heavy (non-hydrogen) atoms. The summed E-state index contributed by atoms with van der Waals surface area (Å²) < 4.78 is 5.28. The van der Waals surface area contributed by atoms with Gasteiger partial charge in [0, 0.05) is 5.02 Å². The Morgan fingerprint density at radius 2 is 1.74 bits per heavy atom. The van der Waals surface area contributed by atoms with Crippen molar-refractivity contribution in [2.24, 2.45) is 0 Å². The average molecular weight is 277 g/mol. The van der Waals surface area contributed by atoms with Crippen molar-refractivity contribution >= 4 is 17.6 Å². The first-order valence-electron chi connectivity index (χ1n) is 5.83. The highest BCUT2D eigenvalue weighted by atomic mass is 35.5. The van der Waals surface area contributed by atoms with E-state index in [4.69, 9.17) is 16.3 Å². The minimum Gasteiger partial charge on any atom is -0.451 e. The van der Waals surface area contributed by atoms with Gasteiger partial charge in [0.25, 0.3) is 0 Å². The molecule has 1 atom stereocenters. The average Bonchev–Trinajstić information content (AvgIpc) is 2.46. The van der Waals surface area contributed by atoms with Gasteiger partial charge in [-0.2, -0.15) is 0 Å². The van der Waals surface area contributed by atoms with Crippen molar-refractivity contribution in [2.45, 2.75) is 6.10 Å². The first-order valence-corrected chi connectivity index (χ1v) is 6.21. The SMILES string of the molecule is O=C(OC(CO)c1ccccc1)c1ccc(Cl)cc1. The molecule has 2 aromatic carbocycles. The van der Waals surface area contributed by atoms with Crippen LogP contribution in [0.4, 0.5) is 0 Å². The molecule has 0 saturated carbocycles. The molecule has 0 fully saturated rings. The van der Waals surface area contributed by atoms with Crippen molar-refractivity contribution < 1.29 is 14.6 Å². The zero-order chi connectivity index (χ0) is 13.7. The molecule has 0 bridgehead atoms. The van der Waals surface area contributed by atoms with Gasteiger partial charge in [0.2, 0.25) is 0 Å². The van der Waals surface area contributed by atoms with Crippen molar-refractivity contribution in [1.82, 2.24) is 0 Å². The number of esters is 1. The van der Waals surface area contributed by atoms with Crippen molar-refractivity contribution in [3.63, 3.8) is 0 Å². The van der Waals surface area contributed by atoms with Crippen molar-refractivity contribution in [2.75, 3.05) is 6.61 Å². The quantitative estimate of drug-likeness (QED) is 0.872. The summed E-state index contributed by atoms with van der Waals surface area (Å²) in [7, 11) is 0. The number of rotatable bonds is 4. The monoisotopic (exact) mass is 276 g/mol. The smallest absolute Gasteiger partial charge is 0.338 e. The topological polar surface area (TPSA) is 46.5 Å². The van der Waals surface area contributed by atoms with E-state index in [0.29, 0.717) is 10.6 Å². The third kappa shape index (κ3) is 3.56. The minimum absolute atomic E-state index is 0.261. The van der Waals surface area contributed by atoms with Gasteiger partial charge in [0.1, 0.15) is 0 Å². The van der Waals surface area contributed by atoms with E-state index in [1.165, 1.54) is 0 Å². The number of hydrogen-bond acceptors (Lipinski definition) is 3. The Hall–Kier alpha value is -1.84. The van der Waals surface area contributed by atoms with E-state index in [-0.39, 0.29) is 6.61 Å². The Morgan fingerprint density at radius 1 is 1.11 bits per heavy atom. The molecule has 0 heterocycles. The zero-order valence-electron chi connectivity index (χ0n) is 10.1. The number of benzene rings is 2. The predicted octanol–water partition coefficient (Wildman–Crippen LogP) is 3.23. The highest BCUT2D eigenvalue weighted by molar-refractivity contribution is 6.30. The first-order chi connectivity index (χ1) is 9.20. The summed E-state index contributed by atoms with van der Waals surface area (Å²) in [5.41, 5.74) is 1.16. The van der Waals surface area contributed by atoms with Gasteiger partial charge in [-0.1, -0.05) is 41.9 Å². The molecule has 0 aromatic heterocycles. The molecule has 1 unspecified atom stereocenters. The van der Waals surface area contributed by atoms with E-state index >= 15 is 0 Å². The van der Waals surface area contributed by atoms with Gasteiger partial charge in [-0.15, -0.1) is 0 Å². The summed E-state index contributed by atoms with van der Waals surface area (Å²) in [6, 6.07) is 15.5. The maximum absolute atomic E-state index is 11.9. The molecule has 0 aliphatic carbocycles. The van der Waals surface area contributed by atoms with Gasteiger partial charge < -0.3 is 9.84 Å². The number of carbonyl (C=O) groups excluding carboxylic acids is 1. The second kappa shape index (κ2) is 6.36. The maximum atomic E-state index is 11.9. The molecule has 0 saturated heterocycles. The van der Waals surface area contributed by atoms with Crippen LogP contribution in [0.15, 0.2) is 54.6 Å². The van der Waals surface area contributed by atoms with Gasteiger partial charge in [-0.25, -0.2) is 4.79 Å². The Morgan fingerprint density at radius 3 is 2.32 bits per heavy atom. The van der Waals surface area contributed by atoms with Gasteiger partial charge in [0.15, 0.2) is 6.10 Å².